The molecule has 210 valence electrons. The number of amidine groups is 1. The van der Waals surface area contributed by atoms with Gasteiger partial charge in [-0.3, -0.25) is 9.59 Å². The number of aromatic nitrogens is 1. The summed E-state index contributed by atoms with van der Waals surface area (Å²) in [4.78, 5) is 36.3. The number of rotatable bonds is 8. The van der Waals surface area contributed by atoms with E-state index < -0.39 is 28.6 Å². The van der Waals surface area contributed by atoms with Crippen LogP contribution in [0.15, 0.2) is 52.3 Å². The molecule has 0 unspecified atom stereocenters. The fourth-order valence-corrected chi connectivity index (χ4v) is 4.91. The Morgan fingerprint density at radius 3 is 2.62 bits per heavy atom. The van der Waals surface area contributed by atoms with Gasteiger partial charge in [-0.05, 0) is 50.8 Å². The number of aliphatic imine (C=N–C) groups is 1. The van der Waals surface area contributed by atoms with Gasteiger partial charge in [-0.15, -0.1) is 11.3 Å². The number of alkyl halides is 3. The van der Waals surface area contributed by atoms with Gasteiger partial charge in [0.25, 0.3) is 5.91 Å². The lowest BCUT2D eigenvalue weighted by molar-refractivity contribution is -0.137. The van der Waals surface area contributed by atoms with Crippen LogP contribution in [0, 0.1) is 0 Å². The van der Waals surface area contributed by atoms with Crippen molar-refractivity contribution in [2.45, 2.75) is 52.3 Å². The lowest BCUT2D eigenvalue weighted by Gasteiger charge is -2.29. The number of carbonyl (C=O) groups excluding carboxylic acids is 2. The van der Waals surface area contributed by atoms with Crippen LogP contribution in [-0.4, -0.2) is 40.6 Å². The molecule has 0 radical (unpaired) electrons. The maximum absolute atomic E-state index is 13.1. The number of nitrogens with one attached hydrogen (secondary N) is 2. The van der Waals surface area contributed by atoms with Crippen molar-refractivity contribution in [3.63, 3.8) is 0 Å². The average Bonchev–Trinajstić information content (AvgIpc) is 3.39. The first-order chi connectivity index (χ1) is 18.5. The number of likely N-dealkylation sites (tertiary alicyclic amines) is 1. The van der Waals surface area contributed by atoms with Gasteiger partial charge < -0.3 is 15.5 Å². The molecule has 2 amide bonds. The second-order valence-electron chi connectivity index (χ2n) is 8.68. The molecule has 0 bridgehead atoms. The summed E-state index contributed by atoms with van der Waals surface area (Å²) in [6, 6.07) is 3.10. The average molecular weight is 603 g/mol. The zero-order valence-electron chi connectivity index (χ0n) is 21.4. The number of allylic oxidation sites excluding steroid dienone is 1. The maximum atomic E-state index is 13.1. The highest BCUT2D eigenvalue weighted by Gasteiger charge is 2.33. The van der Waals surface area contributed by atoms with E-state index in [1.165, 1.54) is 12.3 Å². The van der Waals surface area contributed by atoms with Crippen molar-refractivity contribution in [2.24, 2.45) is 4.99 Å². The number of thiazole rings is 1. The summed E-state index contributed by atoms with van der Waals surface area (Å²) in [6.07, 6.45) is 4.22. The van der Waals surface area contributed by atoms with Crippen LogP contribution in [0.3, 0.4) is 0 Å². The Hall–Kier alpha value is -2.89. The molecule has 2 aromatic rings. The highest BCUT2D eigenvalue weighted by molar-refractivity contribution is 7.13. The van der Waals surface area contributed by atoms with E-state index in [1.807, 2.05) is 13.0 Å². The lowest BCUT2D eigenvalue weighted by Crippen LogP contribution is -2.37. The van der Waals surface area contributed by atoms with Gasteiger partial charge in [0.15, 0.2) is 0 Å². The Balaban J connectivity index is 1.66. The quantitative estimate of drug-likeness (QED) is 0.194. The number of piperidine rings is 1. The predicted octanol–water partition coefficient (Wildman–Crippen LogP) is 7.00. The van der Waals surface area contributed by atoms with Crippen LogP contribution in [0.5, 0.6) is 0 Å². The molecule has 0 atom stereocenters. The molecule has 0 saturated carbocycles. The second-order valence-corrected chi connectivity index (χ2v) is 10.6. The predicted molar refractivity (Wildman–Crippen MR) is 149 cm³/mol. The van der Waals surface area contributed by atoms with Gasteiger partial charge in [-0.1, -0.05) is 36.2 Å². The molecule has 1 aromatic carbocycles. The molecular formula is C26H28Cl2F3N5O2S. The maximum Gasteiger partial charge on any atom is 0.417 e. The minimum atomic E-state index is -4.66. The largest absolute Gasteiger partial charge is 0.417 e. The summed E-state index contributed by atoms with van der Waals surface area (Å²) < 4.78 is 39.3. The van der Waals surface area contributed by atoms with Crippen molar-refractivity contribution in [1.29, 1.82) is 0 Å². The summed E-state index contributed by atoms with van der Waals surface area (Å²) in [5.74, 6) is -0.494. The molecule has 39 heavy (non-hydrogen) atoms. The van der Waals surface area contributed by atoms with E-state index in [2.05, 4.69) is 25.5 Å². The smallest absolute Gasteiger partial charge is 0.355 e. The number of halogens is 5. The van der Waals surface area contributed by atoms with Crippen LogP contribution < -0.4 is 10.6 Å². The van der Waals surface area contributed by atoms with Crippen molar-refractivity contribution in [2.75, 3.05) is 18.4 Å². The minimum absolute atomic E-state index is 0.0311. The summed E-state index contributed by atoms with van der Waals surface area (Å²) in [5, 5.41) is 5.38. The van der Waals surface area contributed by atoms with Crippen molar-refractivity contribution in [1.82, 2.24) is 15.2 Å². The summed E-state index contributed by atoms with van der Waals surface area (Å²) in [6.45, 7) is 5.26. The molecule has 3 rings (SSSR count). The molecule has 0 aliphatic carbocycles. The highest BCUT2D eigenvalue weighted by Crippen LogP contribution is 2.36. The van der Waals surface area contributed by atoms with Crippen LogP contribution in [0.1, 0.15) is 59.8 Å². The molecule has 0 spiro atoms. The molecule has 7 nitrogen and oxygen atoms in total. The third kappa shape index (κ3) is 8.55. The standard InChI is InChI=1S/C26H28Cl2F3N5O2S/c1-3-4-10-32-23(36-11-6-5-7-12-36)22(28)16(2)24(37)34-15-21-33-14-20(39-21)25(38)35-17-8-9-19(27)18(13-17)26(29,30)31/h4,8-10,13-14H,3,5-7,11-12,15H2,1-2H3,(H,34,37)(H,35,38)/b10-4+,22-16-,32-23-. The van der Waals surface area contributed by atoms with E-state index in [0.29, 0.717) is 16.4 Å². The van der Waals surface area contributed by atoms with Crippen LogP contribution in [0.2, 0.25) is 5.02 Å². The Labute approximate surface area is 238 Å². The van der Waals surface area contributed by atoms with Crippen LogP contribution in [0.4, 0.5) is 18.9 Å². The van der Waals surface area contributed by atoms with Gasteiger partial charge in [0.05, 0.1) is 28.4 Å². The zero-order chi connectivity index (χ0) is 28.6. The monoisotopic (exact) mass is 601 g/mol. The first-order valence-corrected chi connectivity index (χ1v) is 13.8. The Bertz CT molecular complexity index is 1280. The number of hydrogen-bond donors (Lipinski definition) is 2. The summed E-state index contributed by atoms with van der Waals surface area (Å²) >= 11 is 13.3. The summed E-state index contributed by atoms with van der Waals surface area (Å²) in [5.41, 5.74) is -0.814. The number of benzene rings is 1. The van der Waals surface area contributed by atoms with Crippen LogP contribution >= 0.6 is 34.5 Å². The normalized spacial score (nSPS) is 15.4. The van der Waals surface area contributed by atoms with Gasteiger partial charge in [-0.2, -0.15) is 13.2 Å². The van der Waals surface area contributed by atoms with E-state index in [9.17, 15) is 22.8 Å². The number of amides is 2. The van der Waals surface area contributed by atoms with Crippen LogP contribution in [-0.2, 0) is 17.5 Å². The topological polar surface area (TPSA) is 86.7 Å². The molecule has 1 aromatic heterocycles. The number of hydrogen-bond acceptors (Lipinski definition) is 5. The molecule has 1 aliphatic rings. The molecular weight excluding hydrogens is 574 g/mol. The van der Waals surface area contributed by atoms with Crippen molar-refractivity contribution < 1.29 is 22.8 Å². The first kappa shape index (κ1) is 30.6. The fourth-order valence-electron chi connectivity index (χ4n) is 3.68. The molecule has 13 heteroatoms. The van der Waals surface area contributed by atoms with Gasteiger partial charge in [0.2, 0.25) is 5.91 Å². The van der Waals surface area contributed by atoms with Crippen LogP contribution in [0.25, 0.3) is 0 Å². The van der Waals surface area contributed by atoms with E-state index in [-0.39, 0.29) is 22.1 Å². The fraction of sp³-hybridized carbons (Fsp3) is 0.385. The highest BCUT2D eigenvalue weighted by atomic mass is 35.5. The number of nitrogens with zero attached hydrogens (tertiary/aromatic N) is 3. The van der Waals surface area contributed by atoms with Crippen molar-refractivity contribution in [3.05, 3.63) is 67.7 Å². The number of anilines is 1. The Morgan fingerprint density at radius 1 is 1.23 bits per heavy atom. The molecule has 2 N–H and O–H groups in total. The zero-order valence-corrected chi connectivity index (χ0v) is 23.7. The minimum Gasteiger partial charge on any atom is -0.355 e. The van der Waals surface area contributed by atoms with Gasteiger partial charge >= 0.3 is 6.18 Å². The van der Waals surface area contributed by atoms with E-state index in [4.69, 9.17) is 23.2 Å². The SMILES string of the molecule is CC/C=C/N=C(/C(Cl)=C(\C)C(=O)NCc1ncc(C(=O)Nc2ccc(Cl)c(C(F)(F)F)c2)s1)N1CCCCC1. The molecule has 1 aliphatic heterocycles. The van der Waals surface area contributed by atoms with Crippen molar-refractivity contribution >= 4 is 57.9 Å². The van der Waals surface area contributed by atoms with E-state index >= 15 is 0 Å². The molecule has 1 saturated heterocycles. The van der Waals surface area contributed by atoms with Gasteiger partial charge in [0.1, 0.15) is 15.7 Å². The Kier molecular flexibility index (Phi) is 11.0. The summed E-state index contributed by atoms with van der Waals surface area (Å²) in [7, 11) is 0. The van der Waals surface area contributed by atoms with Gasteiger partial charge in [-0.25, -0.2) is 9.98 Å². The van der Waals surface area contributed by atoms with E-state index in [1.54, 1.807) is 13.1 Å². The lowest BCUT2D eigenvalue weighted by atomic mass is 10.1. The van der Waals surface area contributed by atoms with Gasteiger partial charge in [0, 0.05) is 30.5 Å². The number of carbonyl (C=O) groups is 2. The molecule has 1 fully saturated rings. The van der Waals surface area contributed by atoms with Crippen molar-refractivity contribution in [3.8, 4) is 0 Å². The van der Waals surface area contributed by atoms with E-state index in [0.717, 1.165) is 62.2 Å². The third-order valence-electron chi connectivity index (χ3n) is 5.77. The first-order valence-electron chi connectivity index (χ1n) is 12.3. The third-order valence-corrected chi connectivity index (χ3v) is 7.55. The molecule has 2 heterocycles. The second kappa shape index (κ2) is 14.0. The Morgan fingerprint density at radius 2 is 1.95 bits per heavy atom.